The zero-order chi connectivity index (χ0) is 33.9. The number of carbonyl (C=O) groups is 3. The molecule has 0 spiro atoms. The number of amides is 2. The van der Waals surface area contributed by atoms with Gasteiger partial charge in [0.05, 0.1) is 6.04 Å². The van der Waals surface area contributed by atoms with Gasteiger partial charge in [-0.05, 0) is 52.6 Å². The molecule has 0 radical (unpaired) electrons. The molecule has 9 nitrogen and oxygen atoms in total. The summed E-state index contributed by atoms with van der Waals surface area (Å²) >= 11 is 0. The molecule has 5 rings (SSSR count). The number of aliphatic hydroxyl groups is 1. The third-order valence-electron chi connectivity index (χ3n) is 8.12. The van der Waals surface area contributed by atoms with Crippen LogP contribution in [0.1, 0.15) is 65.9 Å². The van der Waals surface area contributed by atoms with Crippen molar-refractivity contribution >= 4 is 28.6 Å². The monoisotopic (exact) mass is 647 g/mol. The zero-order valence-electron chi connectivity index (χ0n) is 27.2. The summed E-state index contributed by atoms with van der Waals surface area (Å²) in [5.41, 5.74) is 2.79. The molecule has 3 atom stereocenters. The van der Waals surface area contributed by atoms with Crippen molar-refractivity contribution in [2.24, 2.45) is 5.92 Å². The molecule has 0 aliphatic rings. The Labute approximate surface area is 280 Å². The van der Waals surface area contributed by atoms with Gasteiger partial charge < -0.3 is 24.9 Å². The molecule has 48 heavy (non-hydrogen) atoms. The minimum atomic E-state index is -1.36. The number of carbonyl (C=O) groups excluding carboxylic acids is 3. The van der Waals surface area contributed by atoms with E-state index in [1.807, 2.05) is 117 Å². The van der Waals surface area contributed by atoms with Gasteiger partial charge in [0, 0.05) is 6.42 Å². The minimum absolute atomic E-state index is 0.0623. The summed E-state index contributed by atoms with van der Waals surface area (Å²) in [6.45, 7) is 3.96. The first kappa shape index (κ1) is 34.1. The molecule has 0 aliphatic heterocycles. The number of aromatic nitrogens is 1. The summed E-state index contributed by atoms with van der Waals surface area (Å²) in [6.07, 6.45) is 0.502. The van der Waals surface area contributed by atoms with Crippen molar-refractivity contribution in [1.82, 2.24) is 15.6 Å². The third-order valence-corrected chi connectivity index (χ3v) is 8.12. The number of nitrogens with one attached hydrogen (secondary N) is 2. The number of hydrogen-bond donors (Lipinski definition) is 3. The maximum absolute atomic E-state index is 13.7. The Balaban J connectivity index is 1.29. The summed E-state index contributed by atoms with van der Waals surface area (Å²) in [7, 11) is 0. The summed E-state index contributed by atoms with van der Waals surface area (Å²) < 4.78 is 11.0. The van der Waals surface area contributed by atoms with Gasteiger partial charge in [-0.3, -0.25) is 9.59 Å². The van der Waals surface area contributed by atoms with Gasteiger partial charge in [0.2, 0.25) is 11.8 Å². The molecular formula is C39H41N3O6. The molecule has 9 heteroatoms. The largest absolute Gasteiger partial charge is 0.445 e. The standard InChI is InChI=1S/C39H41N3O6/c1-26(2)22-33(42-39(46)48-24-28-14-7-4-8-15-28)37(45)40-32(21-20-27-12-5-3-6-13-27)36(44)38-41-34(25-47-38)35(43)23-30-18-11-17-29-16-9-10-19-31(29)30/h3-19,25-26,32-33,36,44H,20-24H2,1-2H3,(H,40,45)(H,42,46). The maximum atomic E-state index is 13.7. The quantitative estimate of drug-likeness (QED) is 0.107. The van der Waals surface area contributed by atoms with Crippen LogP contribution in [-0.2, 0) is 29.0 Å². The van der Waals surface area contributed by atoms with Crippen LogP contribution in [0.2, 0.25) is 0 Å². The predicted molar refractivity (Wildman–Crippen MR) is 183 cm³/mol. The van der Waals surface area contributed by atoms with E-state index < -0.39 is 30.2 Å². The molecule has 1 aromatic heterocycles. The Hall–Kier alpha value is -5.28. The van der Waals surface area contributed by atoms with Crippen LogP contribution in [0.3, 0.4) is 0 Å². The van der Waals surface area contributed by atoms with Crippen LogP contribution in [0.15, 0.2) is 114 Å². The van der Waals surface area contributed by atoms with Gasteiger partial charge in [0.15, 0.2) is 11.9 Å². The normalized spacial score (nSPS) is 13.1. The van der Waals surface area contributed by atoms with E-state index in [2.05, 4.69) is 15.6 Å². The first-order valence-corrected chi connectivity index (χ1v) is 16.2. The maximum Gasteiger partial charge on any atom is 0.408 e. The number of benzene rings is 4. The molecule has 0 fully saturated rings. The molecule has 1 heterocycles. The molecule has 248 valence electrons. The lowest BCUT2D eigenvalue weighted by molar-refractivity contribution is -0.125. The molecular weight excluding hydrogens is 606 g/mol. The van der Waals surface area contributed by atoms with Crippen LogP contribution in [0.5, 0.6) is 0 Å². The molecule has 2 amide bonds. The van der Waals surface area contributed by atoms with Crippen LogP contribution in [0.25, 0.3) is 10.8 Å². The minimum Gasteiger partial charge on any atom is -0.445 e. The van der Waals surface area contributed by atoms with Crippen molar-refractivity contribution in [3.05, 3.63) is 138 Å². The highest BCUT2D eigenvalue weighted by Crippen LogP contribution is 2.24. The first-order chi connectivity index (χ1) is 23.3. The average Bonchev–Trinajstić information content (AvgIpc) is 3.60. The van der Waals surface area contributed by atoms with E-state index in [-0.39, 0.29) is 36.3 Å². The van der Waals surface area contributed by atoms with Crippen molar-refractivity contribution in [3.63, 3.8) is 0 Å². The number of hydrogen-bond acceptors (Lipinski definition) is 7. The third kappa shape index (κ3) is 9.39. The van der Waals surface area contributed by atoms with E-state index in [1.165, 1.54) is 6.26 Å². The number of rotatable bonds is 15. The number of aliphatic hydroxyl groups excluding tert-OH is 1. The van der Waals surface area contributed by atoms with Gasteiger partial charge in [0.1, 0.15) is 24.6 Å². The number of fused-ring (bicyclic) bond motifs is 1. The van der Waals surface area contributed by atoms with E-state index in [9.17, 15) is 19.5 Å². The summed E-state index contributed by atoms with van der Waals surface area (Å²) in [5, 5.41) is 19.1. The highest BCUT2D eigenvalue weighted by atomic mass is 16.5. The molecule has 0 saturated carbocycles. The SMILES string of the molecule is CC(C)CC(NC(=O)OCc1ccccc1)C(=O)NC(CCc1ccccc1)C(O)c1nc(C(=O)Cc2cccc3ccccc23)co1. The number of ether oxygens (including phenoxy) is 1. The molecule has 0 bridgehead atoms. The Morgan fingerprint density at radius 2 is 1.50 bits per heavy atom. The van der Waals surface area contributed by atoms with E-state index in [0.29, 0.717) is 19.3 Å². The second kappa shape index (κ2) is 16.5. The number of alkyl carbamates (subject to hydrolysis) is 1. The highest BCUT2D eigenvalue weighted by molar-refractivity contribution is 5.98. The second-order valence-electron chi connectivity index (χ2n) is 12.3. The van der Waals surface area contributed by atoms with Gasteiger partial charge in [-0.1, -0.05) is 117 Å². The second-order valence-corrected chi connectivity index (χ2v) is 12.3. The molecule has 4 aromatic carbocycles. The van der Waals surface area contributed by atoms with Crippen molar-refractivity contribution in [2.45, 2.75) is 64.3 Å². The number of Topliss-reactive ketones (excluding diaryl/α,β-unsaturated/α-hetero) is 1. The van der Waals surface area contributed by atoms with Gasteiger partial charge in [-0.25, -0.2) is 9.78 Å². The van der Waals surface area contributed by atoms with Crippen molar-refractivity contribution in [2.75, 3.05) is 0 Å². The van der Waals surface area contributed by atoms with E-state index in [4.69, 9.17) is 9.15 Å². The van der Waals surface area contributed by atoms with Crippen molar-refractivity contribution in [1.29, 1.82) is 0 Å². The number of oxazole rings is 1. The lowest BCUT2D eigenvalue weighted by Gasteiger charge is -2.26. The average molecular weight is 648 g/mol. The number of ketones is 1. The Morgan fingerprint density at radius 3 is 2.23 bits per heavy atom. The smallest absolute Gasteiger partial charge is 0.408 e. The van der Waals surface area contributed by atoms with Crippen LogP contribution >= 0.6 is 0 Å². The molecule has 0 saturated heterocycles. The van der Waals surface area contributed by atoms with Crippen LogP contribution < -0.4 is 10.6 Å². The van der Waals surface area contributed by atoms with Gasteiger partial charge in [-0.15, -0.1) is 0 Å². The Kier molecular flexibility index (Phi) is 11.7. The van der Waals surface area contributed by atoms with Gasteiger partial charge in [-0.2, -0.15) is 0 Å². The Morgan fingerprint density at radius 1 is 0.833 bits per heavy atom. The zero-order valence-corrected chi connectivity index (χ0v) is 27.2. The predicted octanol–water partition coefficient (Wildman–Crippen LogP) is 6.75. The van der Waals surface area contributed by atoms with E-state index in [1.54, 1.807) is 0 Å². The van der Waals surface area contributed by atoms with Crippen LogP contribution in [0.4, 0.5) is 4.79 Å². The lowest BCUT2D eigenvalue weighted by Crippen LogP contribution is -2.51. The molecule has 3 N–H and O–H groups in total. The molecule has 3 unspecified atom stereocenters. The number of nitrogens with zero attached hydrogens (tertiary/aromatic N) is 1. The highest BCUT2D eigenvalue weighted by Gasteiger charge is 2.31. The van der Waals surface area contributed by atoms with E-state index in [0.717, 1.165) is 27.5 Å². The lowest BCUT2D eigenvalue weighted by atomic mass is 9.98. The molecule has 5 aromatic rings. The summed E-state index contributed by atoms with van der Waals surface area (Å²) in [5.74, 6) is -0.736. The summed E-state index contributed by atoms with van der Waals surface area (Å²) in [6, 6.07) is 30.9. The van der Waals surface area contributed by atoms with Crippen molar-refractivity contribution in [3.8, 4) is 0 Å². The Bertz CT molecular complexity index is 1800. The molecule has 0 aliphatic carbocycles. The fourth-order valence-electron chi connectivity index (χ4n) is 5.60. The fraction of sp³-hybridized carbons (Fsp3) is 0.282. The van der Waals surface area contributed by atoms with Gasteiger partial charge >= 0.3 is 6.09 Å². The fourth-order valence-corrected chi connectivity index (χ4v) is 5.60. The summed E-state index contributed by atoms with van der Waals surface area (Å²) in [4.78, 5) is 44.0. The topological polar surface area (TPSA) is 131 Å². The van der Waals surface area contributed by atoms with E-state index >= 15 is 0 Å². The first-order valence-electron chi connectivity index (χ1n) is 16.2. The number of aryl methyl sites for hydroxylation is 1. The van der Waals surface area contributed by atoms with Gasteiger partial charge in [0.25, 0.3) is 0 Å². The van der Waals surface area contributed by atoms with Crippen molar-refractivity contribution < 1.29 is 28.6 Å². The van der Waals surface area contributed by atoms with Crippen LogP contribution in [0, 0.1) is 5.92 Å². The van der Waals surface area contributed by atoms with Crippen LogP contribution in [-0.4, -0.2) is 40.0 Å².